The molecule has 0 saturated carbocycles. The van der Waals surface area contributed by atoms with Crippen LogP contribution in [0, 0.1) is 5.82 Å². The molecule has 1 N–H and O–H groups in total. The number of anilines is 1. The van der Waals surface area contributed by atoms with E-state index in [4.69, 9.17) is 5.11 Å². The molecule has 0 aliphatic carbocycles. The van der Waals surface area contributed by atoms with E-state index in [-0.39, 0.29) is 12.4 Å². The number of aliphatic hydroxyl groups is 1. The zero-order valence-electron chi connectivity index (χ0n) is 10.0. The van der Waals surface area contributed by atoms with E-state index < -0.39 is 0 Å². The highest BCUT2D eigenvalue weighted by atomic mass is 19.1. The van der Waals surface area contributed by atoms with E-state index in [0.717, 1.165) is 0 Å². The quantitative estimate of drug-likeness (QED) is 0.894. The first-order valence-electron chi connectivity index (χ1n) is 5.57. The van der Waals surface area contributed by atoms with Crippen molar-refractivity contribution in [2.75, 3.05) is 11.9 Å². The van der Waals surface area contributed by atoms with Gasteiger partial charge in [0.2, 0.25) is 0 Å². The van der Waals surface area contributed by atoms with Crippen LogP contribution in [0.15, 0.2) is 36.7 Å². The SMILES string of the molecule is CN(Cc1ccccc1F)c1cncc(CO)n1. The molecule has 5 heteroatoms. The molecule has 0 fully saturated rings. The minimum Gasteiger partial charge on any atom is -0.390 e. The second-order valence-electron chi connectivity index (χ2n) is 3.97. The lowest BCUT2D eigenvalue weighted by Crippen LogP contribution is -2.19. The third-order valence-electron chi connectivity index (χ3n) is 2.59. The van der Waals surface area contributed by atoms with Gasteiger partial charge in [0.05, 0.1) is 24.7 Å². The fourth-order valence-corrected chi connectivity index (χ4v) is 1.62. The van der Waals surface area contributed by atoms with Crippen LogP contribution in [0.2, 0.25) is 0 Å². The van der Waals surface area contributed by atoms with Crippen molar-refractivity contribution in [2.45, 2.75) is 13.2 Å². The third kappa shape index (κ3) is 2.81. The molecule has 0 atom stereocenters. The summed E-state index contributed by atoms with van der Waals surface area (Å²) in [6, 6.07) is 6.61. The number of hydrogen-bond acceptors (Lipinski definition) is 4. The number of aliphatic hydroxyl groups excluding tert-OH is 1. The monoisotopic (exact) mass is 247 g/mol. The minimum absolute atomic E-state index is 0.158. The molecule has 0 amide bonds. The van der Waals surface area contributed by atoms with E-state index in [1.807, 2.05) is 0 Å². The van der Waals surface area contributed by atoms with E-state index in [1.54, 1.807) is 36.3 Å². The zero-order valence-corrected chi connectivity index (χ0v) is 10.0. The van der Waals surface area contributed by atoms with Crippen molar-refractivity contribution in [3.05, 3.63) is 53.7 Å². The fourth-order valence-electron chi connectivity index (χ4n) is 1.62. The molecule has 2 rings (SSSR count). The summed E-state index contributed by atoms with van der Waals surface area (Å²) in [5.41, 5.74) is 1.09. The molecule has 2 aromatic rings. The summed E-state index contributed by atoms with van der Waals surface area (Å²) in [4.78, 5) is 9.97. The molecule has 1 aromatic heterocycles. The summed E-state index contributed by atoms with van der Waals surface area (Å²) < 4.78 is 13.5. The topological polar surface area (TPSA) is 49.2 Å². The highest BCUT2D eigenvalue weighted by molar-refractivity contribution is 5.36. The van der Waals surface area contributed by atoms with Crippen molar-refractivity contribution in [3.63, 3.8) is 0 Å². The maximum absolute atomic E-state index is 13.5. The van der Waals surface area contributed by atoms with Crippen LogP contribution in [-0.4, -0.2) is 22.1 Å². The molecule has 0 unspecified atom stereocenters. The highest BCUT2D eigenvalue weighted by Crippen LogP contribution is 2.14. The summed E-state index contributed by atoms with van der Waals surface area (Å²) in [7, 11) is 1.80. The predicted molar refractivity (Wildman–Crippen MR) is 66.5 cm³/mol. The van der Waals surface area contributed by atoms with Gasteiger partial charge in [-0.3, -0.25) is 4.98 Å². The van der Waals surface area contributed by atoms with Crippen molar-refractivity contribution in [1.29, 1.82) is 0 Å². The van der Waals surface area contributed by atoms with Crippen molar-refractivity contribution in [2.24, 2.45) is 0 Å². The Kier molecular flexibility index (Phi) is 3.84. The van der Waals surface area contributed by atoms with Gasteiger partial charge in [-0.15, -0.1) is 0 Å². The van der Waals surface area contributed by atoms with Gasteiger partial charge in [-0.25, -0.2) is 9.37 Å². The van der Waals surface area contributed by atoms with Crippen molar-refractivity contribution >= 4 is 5.82 Å². The molecule has 1 aromatic carbocycles. The first-order chi connectivity index (χ1) is 8.70. The summed E-state index contributed by atoms with van der Waals surface area (Å²) in [6.07, 6.45) is 3.08. The molecule has 0 aliphatic rings. The smallest absolute Gasteiger partial charge is 0.147 e. The summed E-state index contributed by atoms with van der Waals surface area (Å²) in [5, 5.41) is 9.00. The maximum Gasteiger partial charge on any atom is 0.147 e. The maximum atomic E-state index is 13.5. The predicted octanol–water partition coefficient (Wildman–Crippen LogP) is 1.74. The Morgan fingerprint density at radius 2 is 2.06 bits per heavy atom. The van der Waals surface area contributed by atoms with Gasteiger partial charge in [0.15, 0.2) is 0 Å². The van der Waals surface area contributed by atoms with Crippen LogP contribution < -0.4 is 4.90 Å². The first kappa shape index (κ1) is 12.4. The molecular weight excluding hydrogens is 233 g/mol. The number of rotatable bonds is 4. The number of halogens is 1. The van der Waals surface area contributed by atoms with Gasteiger partial charge in [0.1, 0.15) is 11.6 Å². The molecule has 94 valence electrons. The van der Waals surface area contributed by atoms with Gasteiger partial charge in [0, 0.05) is 19.2 Å². The van der Waals surface area contributed by atoms with Gasteiger partial charge < -0.3 is 10.0 Å². The van der Waals surface area contributed by atoms with Crippen LogP contribution in [-0.2, 0) is 13.2 Å². The van der Waals surface area contributed by atoms with E-state index in [9.17, 15) is 4.39 Å². The van der Waals surface area contributed by atoms with Crippen molar-refractivity contribution in [1.82, 2.24) is 9.97 Å². The molecule has 0 aliphatic heterocycles. The molecule has 0 saturated heterocycles. The summed E-state index contributed by atoms with van der Waals surface area (Å²) >= 11 is 0. The van der Waals surface area contributed by atoms with E-state index in [2.05, 4.69) is 9.97 Å². The lowest BCUT2D eigenvalue weighted by molar-refractivity contribution is 0.276. The van der Waals surface area contributed by atoms with E-state index >= 15 is 0 Å². The van der Waals surface area contributed by atoms with Crippen molar-refractivity contribution in [3.8, 4) is 0 Å². The van der Waals surface area contributed by atoms with Gasteiger partial charge in [-0.2, -0.15) is 0 Å². The lowest BCUT2D eigenvalue weighted by Gasteiger charge is -2.18. The number of aromatic nitrogens is 2. The zero-order chi connectivity index (χ0) is 13.0. The first-order valence-corrected chi connectivity index (χ1v) is 5.57. The average molecular weight is 247 g/mol. The number of benzene rings is 1. The Morgan fingerprint density at radius 1 is 1.28 bits per heavy atom. The number of hydrogen-bond donors (Lipinski definition) is 1. The Morgan fingerprint density at radius 3 is 2.78 bits per heavy atom. The van der Waals surface area contributed by atoms with Crippen LogP contribution in [0.4, 0.5) is 10.2 Å². The molecule has 4 nitrogen and oxygen atoms in total. The Hall–Kier alpha value is -2.01. The summed E-state index contributed by atoms with van der Waals surface area (Å²) in [5.74, 6) is 0.362. The highest BCUT2D eigenvalue weighted by Gasteiger charge is 2.08. The largest absolute Gasteiger partial charge is 0.390 e. The van der Waals surface area contributed by atoms with Crippen molar-refractivity contribution < 1.29 is 9.50 Å². The van der Waals surface area contributed by atoms with E-state index in [1.165, 1.54) is 12.3 Å². The molecule has 0 bridgehead atoms. The van der Waals surface area contributed by atoms with Gasteiger partial charge in [0.25, 0.3) is 0 Å². The van der Waals surface area contributed by atoms with Gasteiger partial charge in [-0.05, 0) is 6.07 Å². The van der Waals surface area contributed by atoms with Crippen LogP contribution in [0.3, 0.4) is 0 Å². The van der Waals surface area contributed by atoms with Gasteiger partial charge >= 0.3 is 0 Å². The van der Waals surface area contributed by atoms with Crippen LogP contribution in [0.5, 0.6) is 0 Å². The molecule has 0 radical (unpaired) electrons. The van der Waals surface area contributed by atoms with Crippen LogP contribution in [0.1, 0.15) is 11.3 Å². The van der Waals surface area contributed by atoms with Gasteiger partial charge in [-0.1, -0.05) is 18.2 Å². The second kappa shape index (κ2) is 5.55. The Bertz CT molecular complexity index is 533. The Labute approximate surface area is 105 Å². The fraction of sp³-hybridized carbons (Fsp3) is 0.231. The number of nitrogens with zero attached hydrogens (tertiary/aromatic N) is 3. The lowest BCUT2D eigenvalue weighted by atomic mass is 10.2. The van der Waals surface area contributed by atoms with E-state index in [0.29, 0.717) is 23.6 Å². The second-order valence-corrected chi connectivity index (χ2v) is 3.97. The molecule has 1 heterocycles. The molecule has 0 spiro atoms. The van der Waals surface area contributed by atoms with Crippen LogP contribution in [0.25, 0.3) is 0 Å². The molecule has 18 heavy (non-hydrogen) atoms. The molecular formula is C13H14FN3O. The van der Waals surface area contributed by atoms with Crippen LogP contribution >= 0.6 is 0 Å². The Balaban J connectivity index is 2.16. The third-order valence-corrected chi connectivity index (χ3v) is 2.59. The summed E-state index contributed by atoms with van der Waals surface area (Å²) in [6.45, 7) is 0.241. The average Bonchev–Trinajstić information content (AvgIpc) is 2.41. The minimum atomic E-state index is -0.240. The normalized spacial score (nSPS) is 10.4. The standard InChI is InChI=1S/C13H14FN3O/c1-17(8-10-4-2-3-5-12(10)14)13-7-15-6-11(9-18)16-13/h2-7,18H,8-9H2,1H3.